The summed E-state index contributed by atoms with van der Waals surface area (Å²) in [5.41, 5.74) is 1.46. The molecule has 30 heavy (non-hydrogen) atoms. The highest BCUT2D eigenvalue weighted by Gasteiger charge is 2.48. The first-order valence-electron chi connectivity index (χ1n) is 10.5. The zero-order valence-corrected chi connectivity index (χ0v) is 16.9. The van der Waals surface area contributed by atoms with Crippen molar-refractivity contribution in [3.8, 4) is 0 Å². The number of carbonyl (C=O) groups is 2. The van der Waals surface area contributed by atoms with Gasteiger partial charge in [0.15, 0.2) is 0 Å². The van der Waals surface area contributed by atoms with Crippen LogP contribution in [0.15, 0.2) is 42.6 Å². The molecule has 2 amide bonds. The summed E-state index contributed by atoms with van der Waals surface area (Å²) >= 11 is 0. The van der Waals surface area contributed by atoms with Crippen LogP contribution >= 0.6 is 0 Å². The van der Waals surface area contributed by atoms with Gasteiger partial charge < -0.3 is 15.1 Å². The summed E-state index contributed by atoms with van der Waals surface area (Å²) in [5.74, 6) is 0.933. The van der Waals surface area contributed by atoms with Gasteiger partial charge in [0.25, 0.3) is 5.91 Å². The Hall–Kier alpha value is -2.96. The fourth-order valence-corrected chi connectivity index (χ4v) is 4.90. The Morgan fingerprint density at radius 3 is 2.70 bits per heavy atom. The zero-order valence-electron chi connectivity index (χ0n) is 16.9. The van der Waals surface area contributed by atoms with Crippen LogP contribution in [-0.4, -0.2) is 47.4 Å². The van der Waals surface area contributed by atoms with Gasteiger partial charge in [0.05, 0.1) is 6.04 Å². The molecule has 5 rings (SSSR count). The number of fused-ring (bicyclic) bond motifs is 1. The monoisotopic (exact) mass is 408 g/mol. The third-order valence-corrected chi connectivity index (χ3v) is 6.50. The molecule has 3 heterocycles. The normalized spacial score (nSPS) is 25.3. The van der Waals surface area contributed by atoms with Crippen LogP contribution < -0.4 is 10.2 Å². The molecule has 2 saturated heterocycles. The van der Waals surface area contributed by atoms with E-state index in [0.29, 0.717) is 18.2 Å². The van der Waals surface area contributed by atoms with Gasteiger partial charge in [0.1, 0.15) is 11.6 Å². The number of pyridine rings is 1. The Labute approximate surface area is 175 Å². The van der Waals surface area contributed by atoms with Gasteiger partial charge in [-0.1, -0.05) is 12.1 Å². The number of benzene rings is 1. The van der Waals surface area contributed by atoms with Gasteiger partial charge in [0, 0.05) is 56.2 Å². The lowest BCUT2D eigenvalue weighted by Crippen LogP contribution is -2.34. The Balaban J connectivity index is 1.38. The summed E-state index contributed by atoms with van der Waals surface area (Å²) in [6.45, 7) is 3.71. The van der Waals surface area contributed by atoms with Gasteiger partial charge in [-0.05, 0) is 42.7 Å². The maximum Gasteiger partial charge on any atom is 0.251 e. The number of amides is 2. The predicted molar refractivity (Wildman–Crippen MR) is 110 cm³/mol. The quantitative estimate of drug-likeness (QED) is 0.845. The first-order valence-corrected chi connectivity index (χ1v) is 10.5. The van der Waals surface area contributed by atoms with Crippen LogP contribution in [0.25, 0.3) is 0 Å². The van der Waals surface area contributed by atoms with E-state index in [0.717, 1.165) is 37.3 Å². The first-order chi connectivity index (χ1) is 14.5. The van der Waals surface area contributed by atoms with E-state index >= 15 is 0 Å². The van der Waals surface area contributed by atoms with Crippen molar-refractivity contribution in [3.05, 3.63) is 59.5 Å². The van der Waals surface area contributed by atoms with E-state index in [1.54, 1.807) is 25.3 Å². The number of nitrogens with one attached hydrogen (secondary N) is 1. The van der Waals surface area contributed by atoms with Gasteiger partial charge in [-0.25, -0.2) is 9.37 Å². The minimum atomic E-state index is -0.287. The third kappa shape index (κ3) is 3.53. The van der Waals surface area contributed by atoms with Crippen molar-refractivity contribution in [3.63, 3.8) is 0 Å². The molecule has 2 aromatic rings. The van der Waals surface area contributed by atoms with Crippen molar-refractivity contribution in [1.82, 2.24) is 15.2 Å². The van der Waals surface area contributed by atoms with E-state index < -0.39 is 0 Å². The fourth-order valence-electron chi connectivity index (χ4n) is 4.90. The fraction of sp³-hybridized carbons (Fsp3) is 0.435. The van der Waals surface area contributed by atoms with Gasteiger partial charge in [-0.15, -0.1) is 0 Å². The summed E-state index contributed by atoms with van der Waals surface area (Å²) < 4.78 is 13.9. The van der Waals surface area contributed by atoms with Crippen molar-refractivity contribution in [2.75, 3.05) is 24.5 Å². The second-order valence-electron chi connectivity index (χ2n) is 8.65. The van der Waals surface area contributed by atoms with Gasteiger partial charge in [0.2, 0.25) is 5.91 Å². The molecule has 1 aliphatic carbocycles. The molecule has 1 aromatic heterocycles. The third-order valence-electron chi connectivity index (χ3n) is 6.50. The van der Waals surface area contributed by atoms with E-state index in [9.17, 15) is 14.0 Å². The number of likely N-dealkylation sites (tertiary alicyclic amines) is 1. The molecule has 1 aromatic carbocycles. The Bertz CT molecular complexity index is 993. The number of carbonyl (C=O) groups excluding carboxylic acids is 2. The Morgan fingerprint density at radius 1 is 1.13 bits per heavy atom. The molecule has 3 atom stereocenters. The molecule has 0 unspecified atom stereocenters. The molecular formula is C23H25FN4O2. The SMILES string of the molecule is CC(=O)N1C[C@H]2CN(c3cc(C(=O)NC4CC4)ccn3)C[C@H]2[C@@H]1c1cccc(F)c1. The molecule has 7 heteroatoms. The number of hydrogen-bond acceptors (Lipinski definition) is 4. The zero-order chi connectivity index (χ0) is 20.8. The van der Waals surface area contributed by atoms with Crippen molar-refractivity contribution < 1.29 is 14.0 Å². The molecule has 3 fully saturated rings. The number of hydrogen-bond donors (Lipinski definition) is 1. The van der Waals surface area contributed by atoms with Crippen LogP contribution in [0, 0.1) is 17.7 Å². The smallest absolute Gasteiger partial charge is 0.251 e. The summed E-state index contributed by atoms with van der Waals surface area (Å²) in [6, 6.07) is 10.3. The topological polar surface area (TPSA) is 65.5 Å². The Kier molecular flexibility index (Phi) is 4.68. The molecule has 1 saturated carbocycles. The number of rotatable bonds is 4. The van der Waals surface area contributed by atoms with Crippen LogP contribution in [0.3, 0.4) is 0 Å². The standard InChI is InChI=1S/C23H25FN4O2/c1-14(29)28-12-17-11-27(13-20(17)22(28)15-3-2-4-18(24)9-15)21-10-16(7-8-25-21)23(30)26-19-5-6-19/h2-4,7-10,17,19-20,22H,5-6,11-13H2,1H3,(H,26,30)/t17-,20-,22+/m1/s1. The highest BCUT2D eigenvalue weighted by atomic mass is 19.1. The van der Waals surface area contributed by atoms with Crippen LogP contribution in [-0.2, 0) is 4.79 Å². The Morgan fingerprint density at radius 2 is 1.97 bits per heavy atom. The second kappa shape index (κ2) is 7.38. The second-order valence-corrected chi connectivity index (χ2v) is 8.65. The molecule has 0 radical (unpaired) electrons. The van der Waals surface area contributed by atoms with E-state index in [2.05, 4.69) is 15.2 Å². The number of anilines is 1. The molecule has 6 nitrogen and oxygen atoms in total. The molecule has 156 valence electrons. The average molecular weight is 408 g/mol. The number of halogens is 1. The highest BCUT2D eigenvalue weighted by Crippen LogP contribution is 2.45. The summed E-state index contributed by atoms with van der Waals surface area (Å²) in [4.78, 5) is 33.2. The summed E-state index contributed by atoms with van der Waals surface area (Å²) in [5, 5.41) is 3.02. The molecule has 0 bridgehead atoms. The first kappa shape index (κ1) is 19.0. The molecule has 3 aliphatic rings. The summed E-state index contributed by atoms with van der Waals surface area (Å²) in [6.07, 6.45) is 3.78. The lowest BCUT2D eigenvalue weighted by atomic mass is 9.89. The predicted octanol–water partition coefficient (Wildman–Crippen LogP) is 2.77. The van der Waals surface area contributed by atoms with Gasteiger partial charge in [-0.3, -0.25) is 9.59 Å². The van der Waals surface area contributed by atoms with E-state index in [1.165, 1.54) is 12.1 Å². The largest absolute Gasteiger partial charge is 0.356 e. The average Bonchev–Trinajstić information content (AvgIpc) is 3.32. The minimum absolute atomic E-state index is 0.0158. The van der Waals surface area contributed by atoms with Crippen LogP contribution in [0.2, 0.25) is 0 Å². The molecular weight excluding hydrogens is 383 g/mol. The van der Waals surface area contributed by atoms with E-state index in [-0.39, 0.29) is 35.5 Å². The van der Waals surface area contributed by atoms with Gasteiger partial charge in [-0.2, -0.15) is 0 Å². The lowest BCUT2D eigenvalue weighted by molar-refractivity contribution is -0.130. The van der Waals surface area contributed by atoms with Gasteiger partial charge >= 0.3 is 0 Å². The van der Waals surface area contributed by atoms with Crippen molar-refractivity contribution in [2.45, 2.75) is 31.8 Å². The van der Waals surface area contributed by atoms with Crippen LogP contribution in [0.4, 0.5) is 10.2 Å². The van der Waals surface area contributed by atoms with Crippen molar-refractivity contribution >= 4 is 17.6 Å². The number of aromatic nitrogens is 1. The maximum atomic E-state index is 13.9. The lowest BCUT2D eigenvalue weighted by Gasteiger charge is -2.29. The molecule has 0 spiro atoms. The molecule has 2 aliphatic heterocycles. The van der Waals surface area contributed by atoms with Crippen molar-refractivity contribution in [2.24, 2.45) is 11.8 Å². The van der Waals surface area contributed by atoms with E-state index in [1.807, 2.05) is 17.0 Å². The highest BCUT2D eigenvalue weighted by molar-refractivity contribution is 5.95. The number of nitrogens with zero attached hydrogens (tertiary/aromatic N) is 3. The van der Waals surface area contributed by atoms with Crippen LogP contribution in [0.5, 0.6) is 0 Å². The van der Waals surface area contributed by atoms with E-state index in [4.69, 9.17) is 0 Å². The van der Waals surface area contributed by atoms with Crippen LogP contribution in [0.1, 0.15) is 41.7 Å². The molecule has 1 N–H and O–H groups in total. The minimum Gasteiger partial charge on any atom is -0.356 e. The maximum absolute atomic E-state index is 13.9. The van der Waals surface area contributed by atoms with Crippen molar-refractivity contribution in [1.29, 1.82) is 0 Å². The summed E-state index contributed by atoms with van der Waals surface area (Å²) in [7, 11) is 0.